The summed E-state index contributed by atoms with van der Waals surface area (Å²) in [5.74, 6) is 1.29. The largest absolute Gasteiger partial charge is 0.491 e. The third-order valence-corrected chi connectivity index (χ3v) is 3.94. The third kappa shape index (κ3) is 4.97. The van der Waals surface area contributed by atoms with Crippen molar-refractivity contribution in [3.05, 3.63) is 29.8 Å². The number of aliphatic hydroxyl groups excluding tert-OH is 1. The van der Waals surface area contributed by atoms with Gasteiger partial charge in [-0.05, 0) is 31.4 Å². The van der Waals surface area contributed by atoms with Gasteiger partial charge in [-0.15, -0.1) is 0 Å². The van der Waals surface area contributed by atoms with Gasteiger partial charge in [0, 0.05) is 19.6 Å². The molecule has 0 saturated carbocycles. The van der Waals surface area contributed by atoms with Crippen molar-refractivity contribution < 1.29 is 14.6 Å². The highest BCUT2D eigenvalue weighted by Crippen LogP contribution is 2.25. The fraction of sp³-hybridized carbons (Fsp3) is 0.667. The standard InChI is InChI=1S/C18H29NO3/c1-13(2)17-7-5-6-8-18(17)21-12-16(20)11-19-9-14(3)22-15(4)10-19/h5-8,13-16,20H,9-12H2,1-4H3/t14-,15+,16-/m0/s1. The normalized spacial score (nSPS) is 24.5. The Kier molecular flexibility index (Phi) is 6.24. The average molecular weight is 307 g/mol. The Morgan fingerprint density at radius 3 is 2.50 bits per heavy atom. The van der Waals surface area contributed by atoms with Crippen LogP contribution in [0.5, 0.6) is 5.75 Å². The minimum atomic E-state index is -0.488. The van der Waals surface area contributed by atoms with Crippen LogP contribution < -0.4 is 4.74 Å². The molecule has 2 rings (SSSR count). The summed E-state index contributed by atoms with van der Waals surface area (Å²) in [6.45, 7) is 11.1. The van der Waals surface area contributed by atoms with E-state index in [2.05, 4.69) is 38.7 Å². The number of nitrogens with zero attached hydrogens (tertiary/aromatic N) is 1. The second-order valence-electron chi connectivity index (χ2n) is 6.63. The number of hydrogen-bond donors (Lipinski definition) is 1. The molecule has 1 N–H and O–H groups in total. The molecule has 3 atom stereocenters. The predicted octanol–water partition coefficient (Wildman–Crippen LogP) is 2.66. The van der Waals surface area contributed by atoms with Crippen LogP contribution in [-0.4, -0.2) is 54.6 Å². The minimum Gasteiger partial charge on any atom is -0.491 e. The van der Waals surface area contributed by atoms with E-state index in [0.717, 1.165) is 18.8 Å². The summed E-state index contributed by atoms with van der Waals surface area (Å²) in [7, 11) is 0. The summed E-state index contributed by atoms with van der Waals surface area (Å²) in [5, 5.41) is 10.3. The first-order chi connectivity index (χ1) is 10.5. The lowest BCUT2D eigenvalue weighted by Gasteiger charge is -2.36. The third-order valence-electron chi connectivity index (χ3n) is 3.94. The Morgan fingerprint density at radius 2 is 1.86 bits per heavy atom. The molecule has 1 heterocycles. The molecule has 4 nitrogen and oxygen atoms in total. The molecule has 0 aliphatic carbocycles. The van der Waals surface area contributed by atoms with Crippen molar-refractivity contribution in [1.29, 1.82) is 0 Å². The maximum Gasteiger partial charge on any atom is 0.122 e. The first-order valence-electron chi connectivity index (χ1n) is 8.23. The molecule has 22 heavy (non-hydrogen) atoms. The predicted molar refractivity (Wildman–Crippen MR) is 88.5 cm³/mol. The Hall–Kier alpha value is -1.10. The average Bonchev–Trinajstić information content (AvgIpc) is 2.44. The maximum absolute atomic E-state index is 10.3. The Morgan fingerprint density at radius 1 is 1.23 bits per heavy atom. The second kappa shape index (κ2) is 7.95. The molecular weight excluding hydrogens is 278 g/mol. The molecule has 0 amide bonds. The van der Waals surface area contributed by atoms with Gasteiger partial charge in [0.1, 0.15) is 18.5 Å². The van der Waals surface area contributed by atoms with Crippen molar-refractivity contribution in [2.24, 2.45) is 0 Å². The van der Waals surface area contributed by atoms with Crippen LogP contribution in [-0.2, 0) is 4.74 Å². The van der Waals surface area contributed by atoms with Crippen molar-refractivity contribution in [3.63, 3.8) is 0 Å². The molecule has 0 spiro atoms. The van der Waals surface area contributed by atoms with Crippen molar-refractivity contribution >= 4 is 0 Å². The number of aliphatic hydroxyl groups is 1. The van der Waals surface area contributed by atoms with E-state index in [1.807, 2.05) is 18.2 Å². The Balaban J connectivity index is 1.84. The van der Waals surface area contributed by atoms with Gasteiger partial charge in [-0.2, -0.15) is 0 Å². The summed E-state index contributed by atoms with van der Waals surface area (Å²) < 4.78 is 11.6. The molecule has 124 valence electrons. The van der Waals surface area contributed by atoms with Gasteiger partial charge < -0.3 is 14.6 Å². The highest BCUT2D eigenvalue weighted by molar-refractivity contribution is 5.35. The van der Waals surface area contributed by atoms with E-state index in [-0.39, 0.29) is 12.2 Å². The van der Waals surface area contributed by atoms with E-state index >= 15 is 0 Å². The van der Waals surface area contributed by atoms with Crippen molar-refractivity contribution in [3.8, 4) is 5.75 Å². The zero-order chi connectivity index (χ0) is 16.1. The van der Waals surface area contributed by atoms with Crippen LogP contribution in [0.1, 0.15) is 39.2 Å². The van der Waals surface area contributed by atoms with E-state index in [1.165, 1.54) is 5.56 Å². The lowest BCUT2D eigenvalue weighted by atomic mass is 10.0. The second-order valence-corrected chi connectivity index (χ2v) is 6.63. The topological polar surface area (TPSA) is 41.9 Å². The van der Waals surface area contributed by atoms with Crippen LogP contribution in [0, 0.1) is 0 Å². The highest BCUT2D eigenvalue weighted by atomic mass is 16.5. The van der Waals surface area contributed by atoms with E-state index in [9.17, 15) is 5.11 Å². The van der Waals surface area contributed by atoms with E-state index in [4.69, 9.17) is 9.47 Å². The fourth-order valence-electron chi connectivity index (χ4n) is 3.06. The molecule has 1 aromatic carbocycles. The quantitative estimate of drug-likeness (QED) is 0.877. The molecule has 1 aromatic rings. The van der Waals surface area contributed by atoms with Gasteiger partial charge in [0.15, 0.2) is 0 Å². The van der Waals surface area contributed by atoms with Gasteiger partial charge in [0.25, 0.3) is 0 Å². The van der Waals surface area contributed by atoms with Gasteiger partial charge >= 0.3 is 0 Å². The van der Waals surface area contributed by atoms with Crippen molar-refractivity contribution in [1.82, 2.24) is 4.90 Å². The van der Waals surface area contributed by atoms with Crippen LogP contribution in [0.25, 0.3) is 0 Å². The molecule has 0 radical (unpaired) electrons. The molecule has 4 heteroatoms. The Bertz CT molecular complexity index is 453. The fourth-order valence-corrected chi connectivity index (χ4v) is 3.06. The first-order valence-corrected chi connectivity index (χ1v) is 8.23. The number of morpholine rings is 1. The summed E-state index contributed by atoms with van der Waals surface area (Å²) >= 11 is 0. The minimum absolute atomic E-state index is 0.221. The van der Waals surface area contributed by atoms with Gasteiger partial charge in [-0.3, -0.25) is 4.90 Å². The highest BCUT2D eigenvalue weighted by Gasteiger charge is 2.24. The number of hydrogen-bond acceptors (Lipinski definition) is 4. The Labute approximate surface area is 134 Å². The monoisotopic (exact) mass is 307 g/mol. The van der Waals surface area contributed by atoms with Gasteiger partial charge in [0.05, 0.1) is 12.2 Å². The van der Waals surface area contributed by atoms with E-state index < -0.39 is 6.10 Å². The summed E-state index contributed by atoms with van der Waals surface area (Å²) in [5.41, 5.74) is 1.18. The summed E-state index contributed by atoms with van der Waals surface area (Å²) in [6, 6.07) is 8.05. The molecular formula is C18H29NO3. The maximum atomic E-state index is 10.3. The number of rotatable bonds is 6. The zero-order valence-corrected chi connectivity index (χ0v) is 14.2. The molecule has 0 bridgehead atoms. The van der Waals surface area contributed by atoms with Crippen LogP contribution in [0.2, 0.25) is 0 Å². The van der Waals surface area contributed by atoms with E-state index in [1.54, 1.807) is 0 Å². The van der Waals surface area contributed by atoms with E-state index in [0.29, 0.717) is 19.1 Å². The smallest absolute Gasteiger partial charge is 0.122 e. The number of para-hydroxylation sites is 1. The SMILES string of the molecule is CC(C)c1ccccc1OC[C@@H](O)CN1C[C@@H](C)O[C@@H](C)C1. The molecule has 1 aliphatic rings. The first kappa shape index (κ1) is 17.3. The lowest BCUT2D eigenvalue weighted by molar-refractivity contribution is -0.0787. The van der Waals surface area contributed by atoms with Crippen molar-refractivity contribution in [2.45, 2.75) is 51.9 Å². The van der Waals surface area contributed by atoms with Gasteiger partial charge in [0.2, 0.25) is 0 Å². The van der Waals surface area contributed by atoms with Crippen LogP contribution in [0.4, 0.5) is 0 Å². The van der Waals surface area contributed by atoms with Gasteiger partial charge in [-0.25, -0.2) is 0 Å². The number of β-amino-alcohol motifs (C(OH)–C–C–N with tert-alkyl or cyclic N) is 1. The lowest BCUT2D eigenvalue weighted by Crippen LogP contribution is -2.48. The molecule has 1 fully saturated rings. The van der Waals surface area contributed by atoms with Gasteiger partial charge in [-0.1, -0.05) is 32.0 Å². The molecule has 1 aliphatic heterocycles. The molecule has 0 aromatic heterocycles. The number of benzene rings is 1. The summed E-state index contributed by atoms with van der Waals surface area (Å²) in [6.07, 6.45) is -0.0465. The molecule has 0 unspecified atom stereocenters. The zero-order valence-electron chi connectivity index (χ0n) is 14.2. The van der Waals surface area contributed by atoms with Crippen LogP contribution >= 0.6 is 0 Å². The molecule has 1 saturated heterocycles. The number of ether oxygens (including phenoxy) is 2. The summed E-state index contributed by atoms with van der Waals surface area (Å²) in [4.78, 5) is 2.25. The van der Waals surface area contributed by atoms with Crippen LogP contribution in [0.15, 0.2) is 24.3 Å². The van der Waals surface area contributed by atoms with Crippen LogP contribution in [0.3, 0.4) is 0 Å². The van der Waals surface area contributed by atoms with Crippen molar-refractivity contribution in [2.75, 3.05) is 26.2 Å².